The van der Waals surface area contributed by atoms with E-state index < -0.39 is 5.60 Å². The molecule has 18 heavy (non-hydrogen) atoms. The van der Waals surface area contributed by atoms with Crippen molar-refractivity contribution in [2.24, 2.45) is 0 Å². The first kappa shape index (κ1) is 11.1. The number of nitriles is 1. The van der Waals surface area contributed by atoms with Gasteiger partial charge < -0.3 is 14.8 Å². The number of hydrogen-bond acceptors (Lipinski definition) is 4. The van der Waals surface area contributed by atoms with E-state index in [1.165, 1.54) is 6.07 Å². The van der Waals surface area contributed by atoms with Gasteiger partial charge in [-0.05, 0) is 25.8 Å². The van der Waals surface area contributed by atoms with Crippen LogP contribution in [0.15, 0.2) is 18.5 Å². The first-order chi connectivity index (χ1) is 8.50. The lowest BCUT2D eigenvalue weighted by molar-refractivity contribution is -0.0498. The zero-order valence-electron chi connectivity index (χ0n) is 9.96. The Bertz CT molecular complexity index is 659. The first-order valence-electron chi connectivity index (χ1n) is 5.82. The molecule has 2 aromatic rings. The van der Waals surface area contributed by atoms with Crippen LogP contribution in [0.25, 0.3) is 11.0 Å². The van der Waals surface area contributed by atoms with Crippen LogP contribution in [0.4, 0.5) is 0 Å². The molecule has 1 aliphatic carbocycles. The van der Waals surface area contributed by atoms with Gasteiger partial charge in [0.25, 0.3) is 0 Å². The maximum atomic E-state index is 9.79. The van der Waals surface area contributed by atoms with E-state index >= 15 is 0 Å². The van der Waals surface area contributed by atoms with Gasteiger partial charge in [0.05, 0.1) is 28.5 Å². The number of imidazole rings is 1. The number of phenolic OH excluding ortho intramolecular Hbond substituents is 1. The second-order valence-corrected chi connectivity index (χ2v) is 5.18. The smallest absolute Gasteiger partial charge is 0.119 e. The van der Waals surface area contributed by atoms with Gasteiger partial charge in [-0.1, -0.05) is 0 Å². The van der Waals surface area contributed by atoms with E-state index in [4.69, 9.17) is 5.26 Å². The fourth-order valence-corrected chi connectivity index (χ4v) is 2.67. The van der Waals surface area contributed by atoms with Crippen LogP contribution in [-0.2, 0) is 0 Å². The molecule has 0 atom stereocenters. The van der Waals surface area contributed by atoms with Crippen molar-refractivity contribution in [3.63, 3.8) is 0 Å². The molecule has 0 bridgehead atoms. The Morgan fingerprint density at radius 1 is 1.50 bits per heavy atom. The molecule has 2 N–H and O–H groups in total. The molecule has 92 valence electrons. The minimum atomic E-state index is -0.620. The minimum absolute atomic E-state index is 0.0462. The number of fused-ring (bicyclic) bond motifs is 1. The van der Waals surface area contributed by atoms with Crippen molar-refractivity contribution in [1.29, 1.82) is 5.26 Å². The number of hydrogen-bond donors (Lipinski definition) is 2. The molecule has 1 saturated carbocycles. The Labute approximate surface area is 104 Å². The topological polar surface area (TPSA) is 82.1 Å². The number of aromatic nitrogens is 2. The third-order valence-corrected chi connectivity index (χ3v) is 3.52. The van der Waals surface area contributed by atoms with Crippen molar-refractivity contribution >= 4 is 11.0 Å². The van der Waals surface area contributed by atoms with Gasteiger partial charge in [-0.15, -0.1) is 0 Å². The molecule has 1 fully saturated rings. The van der Waals surface area contributed by atoms with Gasteiger partial charge in [0.2, 0.25) is 0 Å². The molecule has 1 aromatic heterocycles. The SMILES string of the molecule is CC1(O)CC(n2cnc3cc(O)cc(C#N)c32)C1. The molecule has 1 aromatic carbocycles. The summed E-state index contributed by atoms with van der Waals surface area (Å²) >= 11 is 0. The molecular formula is C13H13N3O2. The summed E-state index contributed by atoms with van der Waals surface area (Å²) in [4.78, 5) is 4.21. The van der Waals surface area contributed by atoms with Gasteiger partial charge in [-0.2, -0.15) is 5.26 Å². The fourth-order valence-electron chi connectivity index (χ4n) is 2.67. The van der Waals surface area contributed by atoms with Crippen LogP contribution in [0.3, 0.4) is 0 Å². The van der Waals surface area contributed by atoms with E-state index in [1.54, 1.807) is 19.3 Å². The maximum Gasteiger partial charge on any atom is 0.119 e. The van der Waals surface area contributed by atoms with Crippen LogP contribution in [0.1, 0.15) is 31.4 Å². The lowest BCUT2D eigenvalue weighted by Gasteiger charge is -2.41. The molecule has 0 saturated heterocycles. The molecule has 3 rings (SSSR count). The van der Waals surface area contributed by atoms with Crippen molar-refractivity contribution in [3.05, 3.63) is 24.0 Å². The summed E-state index contributed by atoms with van der Waals surface area (Å²) < 4.78 is 1.92. The highest BCUT2D eigenvalue weighted by molar-refractivity contribution is 5.83. The van der Waals surface area contributed by atoms with Crippen LogP contribution in [0.2, 0.25) is 0 Å². The molecule has 5 nitrogen and oxygen atoms in total. The Morgan fingerprint density at radius 2 is 2.22 bits per heavy atom. The molecular weight excluding hydrogens is 230 g/mol. The molecule has 1 aliphatic rings. The Hall–Kier alpha value is -2.06. The average Bonchev–Trinajstić information content (AvgIpc) is 2.67. The summed E-state index contributed by atoms with van der Waals surface area (Å²) in [6.45, 7) is 1.81. The number of rotatable bonds is 1. The van der Waals surface area contributed by atoms with Gasteiger partial charge in [-0.25, -0.2) is 4.98 Å². The molecule has 0 radical (unpaired) electrons. The van der Waals surface area contributed by atoms with Crippen LogP contribution in [0.5, 0.6) is 5.75 Å². The predicted octanol–water partition coefficient (Wildman–Crippen LogP) is 1.70. The molecule has 0 aliphatic heterocycles. The average molecular weight is 243 g/mol. The Kier molecular flexibility index (Phi) is 2.13. The highest BCUT2D eigenvalue weighted by atomic mass is 16.3. The molecule has 0 spiro atoms. The Balaban J connectivity index is 2.12. The lowest BCUT2D eigenvalue weighted by atomic mass is 9.77. The summed E-state index contributed by atoms with van der Waals surface area (Å²) in [6.07, 6.45) is 2.99. The van der Waals surface area contributed by atoms with Gasteiger partial charge in [0.1, 0.15) is 11.8 Å². The summed E-state index contributed by atoms with van der Waals surface area (Å²) in [6, 6.07) is 5.23. The third-order valence-electron chi connectivity index (χ3n) is 3.52. The fraction of sp³-hybridized carbons (Fsp3) is 0.385. The third kappa shape index (κ3) is 1.54. The zero-order chi connectivity index (χ0) is 12.9. The van der Waals surface area contributed by atoms with Crippen molar-refractivity contribution in [1.82, 2.24) is 9.55 Å². The second-order valence-electron chi connectivity index (χ2n) is 5.18. The van der Waals surface area contributed by atoms with Crippen molar-refractivity contribution < 1.29 is 10.2 Å². The quantitative estimate of drug-likeness (QED) is 0.798. The second kappa shape index (κ2) is 3.47. The number of benzene rings is 1. The molecule has 0 amide bonds. The lowest BCUT2D eigenvalue weighted by Crippen LogP contribution is -2.41. The van der Waals surface area contributed by atoms with Crippen LogP contribution in [-0.4, -0.2) is 25.4 Å². The predicted molar refractivity (Wildman–Crippen MR) is 65.0 cm³/mol. The van der Waals surface area contributed by atoms with Gasteiger partial charge in [-0.3, -0.25) is 0 Å². The summed E-state index contributed by atoms with van der Waals surface area (Å²) in [5, 5.41) is 28.4. The number of aliphatic hydroxyl groups is 1. The van der Waals surface area contributed by atoms with Gasteiger partial charge in [0, 0.05) is 12.1 Å². The summed E-state index contributed by atoms with van der Waals surface area (Å²) in [7, 11) is 0. The van der Waals surface area contributed by atoms with Crippen molar-refractivity contribution in [2.75, 3.05) is 0 Å². The van der Waals surface area contributed by atoms with Crippen LogP contribution < -0.4 is 0 Å². The standard InChI is InChI=1S/C13H13N3O2/c1-13(18)4-9(5-13)16-7-15-11-3-10(17)2-8(6-14)12(11)16/h2-3,7,9,17-18H,4-5H2,1H3. The van der Waals surface area contributed by atoms with E-state index in [0.29, 0.717) is 23.9 Å². The molecule has 5 heteroatoms. The van der Waals surface area contributed by atoms with E-state index in [1.807, 2.05) is 4.57 Å². The number of aromatic hydroxyl groups is 1. The van der Waals surface area contributed by atoms with Gasteiger partial charge >= 0.3 is 0 Å². The van der Waals surface area contributed by atoms with Crippen molar-refractivity contribution in [3.8, 4) is 11.8 Å². The molecule has 0 unspecified atom stereocenters. The zero-order valence-corrected chi connectivity index (χ0v) is 9.96. The highest BCUT2D eigenvalue weighted by Crippen LogP contribution is 2.42. The van der Waals surface area contributed by atoms with E-state index in [-0.39, 0.29) is 11.8 Å². The van der Waals surface area contributed by atoms with Crippen LogP contribution >= 0.6 is 0 Å². The van der Waals surface area contributed by atoms with Gasteiger partial charge in [0.15, 0.2) is 0 Å². The normalized spacial score (nSPS) is 26.8. The Morgan fingerprint density at radius 3 is 2.83 bits per heavy atom. The van der Waals surface area contributed by atoms with Crippen molar-refractivity contribution in [2.45, 2.75) is 31.4 Å². The highest BCUT2D eigenvalue weighted by Gasteiger charge is 2.40. The largest absolute Gasteiger partial charge is 0.508 e. The van der Waals surface area contributed by atoms with E-state index in [0.717, 1.165) is 5.52 Å². The van der Waals surface area contributed by atoms with Crippen LogP contribution in [0, 0.1) is 11.3 Å². The monoisotopic (exact) mass is 243 g/mol. The van der Waals surface area contributed by atoms with E-state index in [2.05, 4.69) is 11.1 Å². The number of phenols is 1. The number of nitrogens with zero attached hydrogens (tertiary/aromatic N) is 3. The first-order valence-corrected chi connectivity index (χ1v) is 5.82. The van der Waals surface area contributed by atoms with E-state index in [9.17, 15) is 10.2 Å². The summed E-state index contributed by atoms with van der Waals surface area (Å²) in [5.41, 5.74) is 1.13. The minimum Gasteiger partial charge on any atom is -0.508 e. The summed E-state index contributed by atoms with van der Waals surface area (Å²) in [5.74, 6) is 0.0462. The molecule has 1 heterocycles. The maximum absolute atomic E-state index is 9.79.